The van der Waals surface area contributed by atoms with Crippen LogP contribution in [0.15, 0.2) is 53.4 Å². The first-order valence-electron chi connectivity index (χ1n) is 8.24. The molecule has 1 fully saturated rings. The van der Waals surface area contributed by atoms with Crippen molar-refractivity contribution in [3.63, 3.8) is 0 Å². The molecule has 1 amide bonds. The average Bonchev–Trinajstić information content (AvgIpc) is 2.61. The molecule has 2 heterocycles. The highest BCUT2D eigenvalue weighted by Crippen LogP contribution is 2.34. The molecule has 0 aromatic heterocycles. The summed E-state index contributed by atoms with van der Waals surface area (Å²) in [6, 6.07) is 16.0. The van der Waals surface area contributed by atoms with Crippen molar-refractivity contribution in [3.05, 3.63) is 65.2 Å². The molecular formula is C19H20N2O2S. The smallest absolute Gasteiger partial charge is 0.238 e. The molecule has 2 atom stereocenters. The minimum absolute atomic E-state index is 0.00518. The quantitative estimate of drug-likeness (QED) is 0.843. The number of aryl methyl sites for hydroxylation is 1. The number of carbonyl (C=O) groups is 1. The Morgan fingerprint density at radius 2 is 1.83 bits per heavy atom. The molecule has 24 heavy (non-hydrogen) atoms. The van der Waals surface area contributed by atoms with E-state index in [1.165, 1.54) is 11.1 Å². The number of fused-ring (bicyclic) bond motifs is 3. The van der Waals surface area contributed by atoms with Crippen molar-refractivity contribution in [2.75, 3.05) is 19.6 Å². The van der Waals surface area contributed by atoms with Gasteiger partial charge in [0.2, 0.25) is 5.91 Å². The van der Waals surface area contributed by atoms with Crippen molar-refractivity contribution in [1.82, 2.24) is 9.21 Å². The van der Waals surface area contributed by atoms with Crippen molar-refractivity contribution < 1.29 is 9.00 Å². The largest absolute Gasteiger partial charge is 0.333 e. The predicted octanol–water partition coefficient (Wildman–Crippen LogP) is 2.46. The minimum Gasteiger partial charge on any atom is -0.333 e. The van der Waals surface area contributed by atoms with Gasteiger partial charge in [-0.1, -0.05) is 42.0 Å². The molecule has 5 heteroatoms. The van der Waals surface area contributed by atoms with Gasteiger partial charge >= 0.3 is 0 Å². The van der Waals surface area contributed by atoms with Crippen LogP contribution in [-0.4, -0.2) is 39.0 Å². The van der Waals surface area contributed by atoms with Gasteiger partial charge < -0.3 is 4.90 Å². The topological polar surface area (TPSA) is 40.6 Å². The fourth-order valence-electron chi connectivity index (χ4n) is 3.58. The zero-order valence-electron chi connectivity index (χ0n) is 13.6. The molecular weight excluding hydrogens is 320 g/mol. The lowest BCUT2D eigenvalue weighted by Crippen LogP contribution is -2.54. The van der Waals surface area contributed by atoms with Crippen molar-refractivity contribution in [2.24, 2.45) is 0 Å². The van der Waals surface area contributed by atoms with Crippen LogP contribution in [0.4, 0.5) is 0 Å². The monoisotopic (exact) mass is 340 g/mol. The predicted molar refractivity (Wildman–Crippen MR) is 93.8 cm³/mol. The van der Waals surface area contributed by atoms with Crippen LogP contribution in [0.1, 0.15) is 22.7 Å². The van der Waals surface area contributed by atoms with Crippen LogP contribution in [0.2, 0.25) is 0 Å². The van der Waals surface area contributed by atoms with Crippen LogP contribution in [0.3, 0.4) is 0 Å². The molecule has 1 unspecified atom stereocenters. The van der Waals surface area contributed by atoms with E-state index in [0.717, 1.165) is 23.4 Å². The Hall–Kier alpha value is -1.98. The van der Waals surface area contributed by atoms with E-state index in [-0.39, 0.29) is 18.5 Å². The van der Waals surface area contributed by atoms with E-state index in [0.29, 0.717) is 6.54 Å². The number of hydrogen-bond donors (Lipinski definition) is 0. The molecule has 1 saturated heterocycles. The first-order chi connectivity index (χ1) is 11.6. The van der Waals surface area contributed by atoms with Gasteiger partial charge in [0.25, 0.3) is 0 Å². The van der Waals surface area contributed by atoms with Gasteiger partial charge in [-0.05, 0) is 36.6 Å². The van der Waals surface area contributed by atoms with E-state index in [9.17, 15) is 9.00 Å². The van der Waals surface area contributed by atoms with Crippen LogP contribution in [0, 0.1) is 6.92 Å². The second kappa shape index (κ2) is 6.15. The fourth-order valence-corrected chi connectivity index (χ4v) is 4.75. The van der Waals surface area contributed by atoms with E-state index < -0.39 is 11.0 Å². The molecule has 4 rings (SSSR count). The molecule has 2 aliphatic rings. The van der Waals surface area contributed by atoms with Gasteiger partial charge in [-0.2, -0.15) is 0 Å². The lowest BCUT2D eigenvalue weighted by Gasteiger charge is -2.44. The summed E-state index contributed by atoms with van der Waals surface area (Å²) in [5.41, 5.74) is 3.63. The standard InChI is InChI=1S/C19H20N2O2S/c1-14-6-8-16(9-7-14)24(23)20-12-18-17-5-3-2-4-15(17)10-11-21(18)19(22)13-20/h2-9,18H,10-13H2,1H3/t18?,24-/m1/s1. The van der Waals surface area contributed by atoms with Gasteiger partial charge in [0.1, 0.15) is 11.0 Å². The normalized spacial score (nSPS) is 22.0. The number of rotatable bonds is 2. The summed E-state index contributed by atoms with van der Waals surface area (Å²) >= 11 is 0. The van der Waals surface area contributed by atoms with E-state index in [4.69, 9.17) is 0 Å². The second-order valence-electron chi connectivity index (χ2n) is 6.44. The molecule has 0 spiro atoms. The Labute approximate surface area is 144 Å². The molecule has 0 aliphatic carbocycles. The Morgan fingerprint density at radius 3 is 2.62 bits per heavy atom. The number of benzene rings is 2. The maximum atomic E-state index is 12.9. The summed E-state index contributed by atoms with van der Waals surface area (Å²) in [4.78, 5) is 15.3. The van der Waals surface area contributed by atoms with E-state index >= 15 is 0 Å². The first kappa shape index (κ1) is 15.5. The van der Waals surface area contributed by atoms with Crippen molar-refractivity contribution >= 4 is 16.9 Å². The molecule has 4 nitrogen and oxygen atoms in total. The maximum absolute atomic E-state index is 12.9. The molecule has 0 bridgehead atoms. The summed E-state index contributed by atoms with van der Waals surface area (Å²) in [6.45, 7) is 3.60. The van der Waals surface area contributed by atoms with Gasteiger partial charge in [0, 0.05) is 13.1 Å². The molecule has 0 N–H and O–H groups in total. The van der Waals surface area contributed by atoms with Gasteiger partial charge in [-0.15, -0.1) is 0 Å². The van der Waals surface area contributed by atoms with Crippen LogP contribution in [-0.2, 0) is 22.2 Å². The number of nitrogens with zero attached hydrogens (tertiary/aromatic N) is 2. The number of hydrogen-bond acceptors (Lipinski definition) is 2. The summed E-state index contributed by atoms with van der Waals surface area (Å²) in [5.74, 6) is 0.0706. The Morgan fingerprint density at radius 1 is 1.08 bits per heavy atom. The van der Waals surface area contributed by atoms with Gasteiger partial charge in [-0.3, -0.25) is 4.79 Å². The van der Waals surface area contributed by atoms with E-state index in [1.807, 2.05) is 48.2 Å². The molecule has 2 aromatic rings. The summed E-state index contributed by atoms with van der Waals surface area (Å²) in [7, 11) is -1.30. The molecule has 124 valence electrons. The lowest BCUT2D eigenvalue weighted by molar-refractivity contribution is -0.138. The van der Waals surface area contributed by atoms with Gasteiger partial charge in [0.15, 0.2) is 0 Å². The zero-order chi connectivity index (χ0) is 16.7. The third-order valence-electron chi connectivity index (χ3n) is 4.88. The van der Waals surface area contributed by atoms with Gasteiger partial charge in [0.05, 0.1) is 17.5 Å². The highest BCUT2D eigenvalue weighted by atomic mass is 32.2. The number of carbonyl (C=O) groups excluding carboxylic acids is 1. The number of piperazine rings is 1. The SMILES string of the molecule is Cc1ccc([S@@](=O)N2CC(=O)N3CCc4ccccc4C3C2)cc1. The highest BCUT2D eigenvalue weighted by molar-refractivity contribution is 7.82. The van der Waals surface area contributed by atoms with Crippen LogP contribution in [0.25, 0.3) is 0 Å². The van der Waals surface area contributed by atoms with Crippen LogP contribution >= 0.6 is 0 Å². The lowest BCUT2D eigenvalue weighted by atomic mass is 9.91. The van der Waals surface area contributed by atoms with Gasteiger partial charge in [-0.25, -0.2) is 8.51 Å². The molecule has 2 aromatic carbocycles. The third-order valence-corrected chi connectivity index (χ3v) is 6.30. The summed E-state index contributed by atoms with van der Waals surface area (Å²) in [6.07, 6.45) is 0.902. The third kappa shape index (κ3) is 2.68. The van der Waals surface area contributed by atoms with Crippen molar-refractivity contribution in [1.29, 1.82) is 0 Å². The van der Waals surface area contributed by atoms with Crippen molar-refractivity contribution in [3.8, 4) is 0 Å². The number of amides is 1. The molecule has 2 aliphatic heterocycles. The first-order valence-corrected chi connectivity index (χ1v) is 9.35. The Bertz CT molecular complexity index is 803. The fraction of sp³-hybridized carbons (Fsp3) is 0.316. The molecule has 0 radical (unpaired) electrons. The second-order valence-corrected chi connectivity index (χ2v) is 7.92. The molecule has 0 saturated carbocycles. The van der Waals surface area contributed by atoms with Crippen molar-refractivity contribution in [2.45, 2.75) is 24.3 Å². The maximum Gasteiger partial charge on any atom is 0.238 e. The van der Waals surface area contributed by atoms with Crippen LogP contribution in [0.5, 0.6) is 0 Å². The Balaban J connectivity index is 1.63. The highest BCUT2D eigenvalue weighted by Gasteiger charge is 2.38. The average molecular weight is 340 g/mol. The minimum atomic E-state index is -1.30. The van der Waals surface area contributed by atoms with E-state index in [1.54, 1.807) is 4.31 Å². The summed E-state index contributed by atoms with van der Waals surface area (Å²) in [5, 5.41) is 0. The summed E-state index contributed by atoms with van der Waals surface area (Å²) < 4.78 is 14.7. The van der Waals surface area contributed by atoms with E-state index in [2.05, 4.69) is 12.1 Å². The zero-order valence-corrected chi connectivity index (χ0v) is 14.5. The van der Waals surface area contributed by atoms with Crippen LogP contribution < -0.4 is 0 Å². The Kier molecular flexibility index (Phi) is 3.98.